The lowest BCUT2D eigenvalue weighted by Crippen LogP contribution is -2.13. The molecule has 4 rings (SSSR count). The highest BCUT2D eigenvalue weighted by Gasteiger charge is 2.19. The fourth-order valence-electron chi connectivity index (χ4n) is 3.12. The molecule has 0 saturated carbocycles. The maximum absolute atomic E-state index is 12.8. The zero-order chi connectivity index (χ0) is 22.9. The molecule has 0 fully saturated rings. The molecule has 0 amide bonds. The van der Waals surface area contributed by atoms with Crippen molar-refractivity contribution in [2.75, 3.05) is 4.72 Å². The van der Waals surface area contributed by atoms with Gasteiger partial charge in [0.2, 0.25) is 0 Å². The van der Waals surface area contributed by atoms with Crippen LogP contribution in [0.1, 0.15) is 31.9 Å². The Bertz CT molecular complexity index is 1360. The first-order chi connectivity index (χ1) is 15.1. The lowest BCUT2D eigenvalue weighted by atomic mass is 9.87. The Hall–Kier alpha value is -3.03. The largest absolute Gasteiger partial charge is 0.489 e. The predicted octanol–water partition coefficient (Wildman–Crippen LogP) is 6.16. The maximum Gasteiger partial charge on any atom is 0.309 e. The summed E-state index contributed by atoms with van der Waals surface area (Å²) in [6, 6.07) is 19.2. The number of oxazole rings is 1. The molecule has 32 heavy (non-hydrogen) atoms. The second kappa shape index (κ2) is 8.48. The lowest BCUT2D eigenvalue weighted by Gasteiger charge is -2.19. The molecule has 0 aliphatic heterocycles. The van der Waals surface area contributed by atoms with Crippen LogP contribution in [0.2, 0.25) is 5.02 Å². The molecule has 0 spiro atoms. The normalized spacial score (nSPS) is 12.1. The van der Waals surface area contributed by atoms with Gasteiger partial charge in [-0.3, -0.25) is 0 Å². The molecule has 0 aliphatic carbocycles. The van der Waals surface area contributed by atoms with Crippen LogP contribution in [-0.2, 0) is 22.0 Å². The first-order valence-corrected chi connectivity index (χ1v) is 11.9. The molecule has 0 unspecified atom stereocenters. The Kier molecular flexibility index (Phi) is 5.88. The second-order valence-corrected chi connectivity index (χ2v) is 10.6. The molecule has 4 aromatic rings. The molecule has 0 radical (unpaired) electrons. The number of ether oxygens (including phenoxy) is 1. The number of aromatic nitrogens is 1. The van der Waals surface area contributed by atoms with Gasteiger partial charge in [-0.05, 0) is 46.9 Å². The molecule has 1 heterocycles. The topological polar surface area (TPSA) is 81.4 Å². The predicted molar refractivity (Wildman–Crippen MR) is 126 cm³/mol. The van der Waals surface area contributed by atoms with E-state index in [1.165, 1.54) is 17.7 Å². The number of benzene rings is 3. The van der Waals surface area contributed by atoms with Gasteiger partial charge in [0.05, 0.1) is 4.90 Å². The monoisotopic (exact) mass is 470 g/mol. The Labute approximate surface area is 192 Å². The van der Waals surface area contributed by atoms with Crippen molar-refractivity contribution in [1.82, 2.24) is 4.98 Å². The minimum absolute atomic E-state index is 0.0402. The van der Waals surface area contributed by atoms with Crippen molar-refractivity contribution in [1.29, 1.82) is 0 Å². The van der Waals surface area contributed by atoms with E-state index in [4.69, 9.17) is 20.8 Å². The van der Waals surface area contributed by atoms with E-state index in [1.54, 1.807) is 30.3 Å². The summed E-state index contributed by atoms with van der Waals surface area (Å²) >= 11 is 5.94. The van der Waals surface area contributed by atoms with Gasteiger partial charge in [-0.1, -0.05) is 62.7 Å². The summed E-state index contributed by atoms with van der Waals surface area (Å²) in [6.07, 6.45) is 0. The Morgan fingerprint density at radius 3 is 2.50 bits per heavy atom. The van der Waals surface area contributed by atoms with E-state index < -0.39 is 10.0 Å². The van der Waals surface area contributed by atoms with Gasteiger partial charge in [0, 0.05) is 11.1 Å². The van der Waals surface area contributed by atoms with E-state index in [0.717, 1.165) is 5.56 Å². The van der Waals surface area contributed by atoms with Gasteiger partial charge < -0.3 is 9.15 Å². The van der Waals surface area contributed by atoms with Crippen LogP contribution < -0.4 is 9.46 Å². The third-order valence-corrected chi connectivity index (χ3v) is 6.47. The third kappa shape index (κ3) is 5.06. The summed E-state index contributed by atoms with van der Waals surface area (Å²) in [7, 11) is -3.92. The Morgan fingerprint density at radius 1 is 1.03 bits per heavy atom. The number of hydrogen-bond donors (Lipinski definition) is 1. The van der Waals surface area contributed by atoms with Gasteiger partial charge in [-0.2, -0.15) is 4.98 Å². The average molecular weight is 471 g/mol. The average Bonchev–Trinajstić information content (AvgIpc) is 3.12. The van der Waals surface area contributed by atoms with Crippen LogP contribution in [0.5, 0.6) is 5.75 Å². The van der Waals surface area contributed by atoms with Crippen molar-refractivity contribution in [3.05, 3.63) is 82.9 Å². The number of nitrogens with zero attached hydrogens (tertiary/aromatic N) is 1. The van der Waals surface area contributed by atoms with Gasteiger partial charge >= 0.3 is 6.01 Å². The number of hydrogen-bond acceptors (Lipinski definition) is 5. The summed E-state index contributed by atoms with van der Waals surface area (Å²) in [5.74, 6) is 0.442. The highest BCUT2D eigenvalue weighted by Crippen LogP contribution is 2.26. The minimum Gasteiger partial charge on any atom is -0.489 e. The third-order valence-electron chi connectivity index (χ3n) is 4.91. The van der Waals surface area contributed by atoms with Gasteiger partial charge in [0.15, 0.2) is 5.58 Å². The van der Waals surface area contributed by atoms with Crippen LogP contribution in [0.4, 0.5) is 6.01 Å². The summed E-state index contributed by atoms with van der Waals surface area (Å²) < 4.78 is 39.3. The van der Waals surface area contributed by atoms with E-state index in [9.17, 15) is 8.42 Å². The Morgan fingerprint density at radius 2 is 1.78 bits per heavy atom. The molecule has 3 aromatic carbocycles. The van der Waals surface area contributed by atoms with Gasteiger partial charge in [-0.25, -0.2) is 13.1 Å². The highest BCUT2D eigenvalue weighted by atomic mass is 35.5. The van der Waals surface area contributed by atoms with E-state index in [0.29, 0.717) is 28.5 Å². The summed E-state index contributed by atoms with van der Waals surface area (Å²) in [4.78, 5) is 4.17. The first kappa shape index (κ1) is 22.2. The van der Waals surface area contributed by atoms with Crippen LogP contribution in [0.15, 0.2) is 76.0 Å². The van der Waals surface area contributed by atoms with Crippen molar-refractivity contribution < 1.29 is 17.6 Å². The fourth-order valence-corrected chi connectivity index (χ4v) is 4.25. The highest BCUT2D eigenvalue weighted by molar-refractivity contribution is 7.92. The van der Waals surface area contributed by atoms with Crippen LogP contribution in [0.3, 0.4) is 0 Å². The molecule has 1 aromatic heterocycles. The zero-order valence-corrected chi connectivity index (χ0v) is 19.5. The van der Waals surface area contributed by atoms with Gasteiger partial charge in [0.25, 0.3) is 10.0 Å². The van der Waals surface area contributed by atoms with Gasteiger partial charge in [-0.15, -0.1) is 0 Å². The molecule has 166 valence electrons. The molecule has 8 heteroatoms. The first-order valence-electron chi connectivity index (χ1n) is 10.0. The van der Waals surface area contributed by atoms with E-state index in [2.05, 4.69) is 42.6 Å². The minimum atomic E-state index is -3.92. The molecule has 0 saturated heterocycles. The molecule has 0 bridgehead atoms. The Balaban J connectivity index is 1.47. The molecule has 1 N–H and O–H groups in total. The fraction of sp³-hybridized carbons (Fsp3) is 0.208. The van der Waals surface area contributed by atoms with E-state index in [-0.39, 0.29) is 16.3 Å². The van der Waals surface area contributed by atoms with E-state index in [1.807, 2.05) is 12.1 Å². The second-order valence-electron chi connectivity index (χ2n) is 8.45. The van der Waals surface area contributed by atoms with E-state index >= 15 is 0 Å². The number of halogens is 1. The number of nitrogens with one attached hydrogen (secondary N) is 1. The van der Waals surface area contributed by atoms with Crippen LogP contribution in [-0.4, -0.2) is 13.4 Å². The van der Waals surface area contributed by atoms with Crippen LogP contribution in [0, 0.1) is 0 Å². The molecular formula is C24H23ClN2O4S. The zero-order valence-electron chi connectivity index (χ0n) is 17.9. The SMILES string of the molecule is CC(C)(C)c1ccc(COc2cccc(S(=O)(=O)Nc3nc4cc(Cl)ccc4o3)c2)cc1. The maximum atomic E-state index is 12.8. The van der Waals surface area contributed by atoms with Crippen molar-refractivity contribution in [2.45, 2.75) is 37.7 Å². The van der Waals surface area contributed by atoms with Crippen LogP contribution >= 0.6 is 11.6 Å². The molecule has 0 aliphatic rings. The number of rotatable bonds is 6. The van der Waals surface area contributed by atoms with Crippen molar-refractivity contribution in [3.8, 4) is 5.75 Å². The molecule has 0 atom stereocenters. The van der Waals surface area contributed by atoms with Crippen LogP contribution in [0.25, 0.3) is 11.1 Å². The lowest BCUT2D eigenvalue weighted by molar-refractivity contribution is 0.305. The quantitative estimate of drug-likeness (QED) is 0.365. The molecular weight excluding hydrogens is 448 g/mol. The smallest absolute Gasteiger partial charge is 0.309 e. The standard InChI is InChI=1S/C24H23ClN2O4S/c1-24(2,3)17-9-7-16(8-10-17)15-30-19-5-4-6-20(14-19)32(28,29)27-23-26-21-13-18(25)11-12-22(21)31-23/h4-14H,15H2,1-3H3,(H,26,27). The van der Waals surface area contributed by atoms with Crippen molar-refractivity contribution in [2.24, 2.45) is 0 Å². The van der Waals surface area contributed by atoms with Gasteiger partial charge in [0.1, 0.15) is 17.9 Å². The number of anilines is 1. The number of sulfonamides is 1. The summed E-state index contributed by atoms with van der Waals surface area (Å²) in [6.45, 7) is 6.81. The van der Waals surface area contributed by atoms with Crippen molar-refractivity contribution in [3.63, 3.8) is 0 Å². The molecule has 6 nitrogen and oxygen atoms in total. The summed E-state index contributed by atoms with van der Waals surface area (Å²) in [5.41, 5.74) is 3.21. The summed E-state index contributed by atoms with van der Waals surface area (Å²) in [5, 5.41) is 0.484. The van der Waals surface area contributed by atoms with Crippen molar-refractivity contribution >= 4 is 38.7 Å². The number of fused-ring (bicyclic) bond motifs is 1.